The molecule has 0 bridgehead atoms. The number of rotatable bonds is 6. The van der Waals surface area contributed by atoms with Crippen molar-refractivity contribution in [2.24, 2.45) is 0 Å². The van der Waals surface area contributed by atoms with Gasteiger partial charge in [0.25, 0.3) is 5.91 Å². The van der Waals surface area contributed by atoms with Gasteiger partial charge in [0.2, 0.25) is 10.0 Å². The molecule has 0 spiro atoms. The summed E-state index contributed by atoms with van der Waals surface area (Å²) < 4.78 is 30.4. The lowest BCUT2D eigenvalue weighted by Crippen LogP contribution is -2.30. The van der Waals surface area contributed by atoms with E-state index in [0.717, 1.165) is 17.0 Å². The van der Waals surface area contributed by atoms with E-state index in [9.17, 15) is 18.0 Å². The molecule has 3 rings (SSSR count). The molecule has 7 nitrogen and oxygen atoms in total. The average Bonchev–Trinajstić information content (AvgIpc) is 2.67. The van der Waals surface area contributed by atoms with Crippen molar-refractivity contribution in [2.45, 2.75) is 13.0 Å². The first-order valence-corrected chi connectivity index (χ1v) is 10.7. The Balaban J connectivity index is 1.70. The lowest BCUT2D eigenvalue weighted by Gasteiger charge is -2.15. The highest BCUT2D eigenvalue weighted by Crippen LogP contribution is 2.20. The number of sulfonamides is 1. The van der Waals surface area contributed by atoms with Crippen molar-refractivity contribution in [1.82, 2.24) is 0 Å². The predicted octanol–water partition coefficient (Wildman–Crippen LogP) is 3.40. The van der Waals surface area contributed by atoms with Crippen LogP contribution in [0.3, 0.4) is 0 Å². The largest absolute Gasteiger partial charge is 0.449 e. The first kappa shape index (κ1) is 20.3. The van der Waals surface area contributed by atoms with Crippen molar-refractivity contribution < 1.29 is 22.7 Å². The third-order valence-corrected chi connectivity index (χ3v) is 4.70. The number of hydrogen-bond acceptors (Lipinski definition) is 5. The minimum Gasteiger partial charge on any atom is -0.449 e. The molecule has 0 aliphatic carbocycles. The van der Waals surface area contributed by atoms with Gasteiger partial charge < -0.3 is 10.1 Å². The zero-order valence-corrected chi connectivity index (χ0v) is 16.7. The van der Waals surface area contributed by atoms with Crippen LogP contribution in [-0.2, 0) is 19.6 Å². The molecule has 0 aliphatic heterocycles. The van der Waals surface area contributed by atoms with Gasteiger partial charge in [-0.1, -0.05) is 42.5 Å². The number of anilines is 2. The van der Waals surface area contributed by atoms with Crippen LogP contribution in [0.1, 0.15) is 17.3 Å². The summed E-state index contributed by atoms with van der Waals surface area (Å²) in [5.41, 5.74) is 0.682. The molecule has 1 unspecified atom stereocenters. The molecule has 3 aromatic rings. The second kappa shape index (κ2) is 8.32. The van der Waals surface area contributed by atoms with E-state index < -0.39 is 28.0 Å². The van der Waals surface area contributed by atoms with E-state index in [-0.39, 0.29) is 11.3 Å². The number of carbonyl (C=O) groups excluding carboxylic acids is 2. The topological polar surface area (TPSA) is 102 Å². The molecule has 0 aromatic heterocycles. The number of nitrogens with one attached hydrogen (secondary N) is 2. The fraction of sp³-hybridized carbons (Fsp3) is 0.143. The van der Waals surface area contributed by atoms with Gasteiger partial charge in [-0.3, -0.25) is 9.52 Å². The molecule has 8 heteroatoms. The average molecular weight is 412 g/mol. The Kier molecular flexibility index (Phi) is 5.84. The van der Waals surface area contributed by atoms with Crippen LogP contribution in [0.5, 0.6) is 0 Å². The Morgan fingerprint density at radius 3 is 2.31 bits per heavy atom. The fourth-order valence-electron chi connectivity index (χ4n) is 2.74. The molecule has 29 heavy (non-hydrogen) atoms. The van der Waals surface area contributed by atoms with Gasteiger partial charge in [0, 0.05) is 5.69 Å². The maximum atomic E-state index is 12.5. The van der Waals surface area contributed by atoms with Crippen LogP contribution >= 0.6 is 0 Å². The maximum absolute atomic E-state index is 12.5. The van der Waals surface area contributed by atoms with Crippen LogP contribution in [0.25, 0.3) is 10.8 Å². The van der Waals surface area contributed by atoms with Crippen LogP contribution in [0, 0.1) is 0 Å². The standard InChI is InChI=1S/C21H20N2O5S/c1-14(20(24)22-17-12-11-15-7-3-4-8-16(15)13-17)28-21(25)18-9-5-6-10-19(18)23-29(2,26)27/h3-14,23H,1-2H3,(H,22,24). The monoisotopic (exact) mass is 412 g/mol. The first-order valence-electron chi connectivity index (χ1n) is 8.80. The van der Waals surface area contributed by atoms with Crippen molar-refractivity contribution >= 4 is 44.0 Å². The number of ether oxygens (including phenoxy) is 1. The zero-order valence-electron chi connectivity index (χ0n) is 15.9. The summed E-state index contributed by atoms with van der Waals surface area (Å²) in [5.74, 6) is -1.31. The van der Waals surface area contributed by atoms with Crippen molar-refractivity contribution in [2.75, 3.05) is 16.3 Å². The van der Waals surface area contributed by atoms with Gasteiger partial charge in [-0.25, -0.2) is 13.2 Å². The lowest BCUT2D eigenvalue weighted by atomic mass is 10.1. The van der Waals surface area contributed by atoms with Crippen molar-refractivity contribution in [1.29, 1.82) is 0 Å². The summed E-state index contributed by atoms with van der Waals surface area (Å²) in [6.45, 7) is 1.45. The van der Waals surface area contributed by atoms with Crippen molar-refractivity contribution in [3.05, 3.63) is 72.3 Å². The zero-order chi connectivity index (χ0) is 21.0. The summed E-state index contributed by atoms with van der Waals surface area (Å²) in [7, 11) is -3.57. The molecule has 0 saturated carbocycles. The van der Waals surface area contributed by atoms with E-state index in [2.05, 4.69) is 10.0 Å². The molecule has 0 aliphatic rings. The van der Waals surface area contributed by atoms with E-state index in [1.807, 2.05) is 36.4 Å². The number of fused-ring (bicyclic) bond motifs is 1. The van der Waals surface area contributed by atoms with E-state index in [1.54, 1.807) is 18.2 Å². The summed E-state index contributed by atoms with van der Waals surface area (Å²) in [4.78, 5) is 24.9. The van der Waals surface area contributed by atoms with E-state index in [0.29, 0.717) is 5.69 Å². The third-order valence-electron chi connectivity index (χ3n) is 4.11. The number of carbonyl (C=O) groups is 2. The van der Waals surface area contributed by atoms with E-state index in [1.165, 1.54) is 19.1 Å². The number of para-hydroxylation sites is 1. The van der Waals surface area contributed by atoms with Gasteiger partial charge in [-0.2, -0.15) is 0 Å². The van der Waals surface area contributed by atoms with Gasteiger partial charge in [0.1, 0.15) is 0 Å². The second-order valence-electron chi connectivity index (χ2n) is 6.52. The number of amides is 1. The fourth-order valence-corrected chi connectivity index (χ4v) is 3.32. The quantitative estimate of drug-likeness (QED) is 0.604. The summed E-state index contributed by atoms with van der Waals surface area (Å²) >= 11 is 0. The van der Waals surface area contributed by atoms with Gasteiger partial charge >= 0.3 is 5.97 Å². The molecule has 0 fully saturated rings. The van der Waals surface area contributed by atoms with Gasteiger partial charge in [-0.15, -0.1) is 0 Å². The molecule has 3 aromatic carbocycles. The number of hydrogen-bond donors (Lipinski definition) is 2. The number of esters is 1. The Bertz CT molecular complexity index is 1170. The maximum Gasteiger partial charge on any atom is 0.341 e. The first-order chi connectivity index (χ1) is 13.7. The SMILES string of the molecule is CC(OC(=O)c1ccccc1NS(C)(=O)=O)C(=O)Nc1ccc2ccccc2c1. The van der Waals surface area contributed by atoms with Crippen LogP contribution in [0.2, 0.25) is 0 Å². The third kappa shape index (κ3) is 5.32. The molecule has 0 heterocycles. The summed E-state index contributed by atoms with van der Waals surface area (Å²) in [6, 6.07) is 19.2. The highest BCUT2D eigenvalue weighted by Gasteiger charge is 2.21. The van der Waals surface area contributed by atoms with Gasteiger partial charge in [0.05, 0.1) is 17.5 Å². The van der Waals surface area contributed by atoms with Crippen LogP contribution in [0.4, 0.5) is 11.4 Å². The normalized spacial score (nSPS) is 12.2. The lowest BCUT2D eigenvalue weighted by molar-refractivity contribution is -0.123. The molecule has 150 valence electrons. The highest BCUT2D eigenvalue weighted by atomic mass is 32.2. The summed E-state index contributed by atoms with van der Waals surface area (Å²) in [6.07, 6.45) is -0.102. The van der Waals surface area contributed by atoms with Crippen LogP contribution in [0.15, 0.2) is 66.7 Å². The smallest absolute Gasteiger partial charge is 0.341 e. The van der Waals surface area contributed by atoms with Crippen LogP contribution in [-0.4, -0.2) is 32.7 Å². The minimum atomic E-state index is -3.57. The van der Waals surface area contributed by atoms with Gasteiger partial charge in [-0.05, 0) is 42.0 Å². The van der Waals surface area contributed by atoms with Gasteiger partial charge in [0.15, 0.2) is 6.10 Å². The number of benzene rings is 3. The highest BCUT2D eigenvalue weighted by molar-refractivity contribution is 7.92. The van der Waals surface area contributed by atoms with Crippen molar-refractivity contribution in [3.8, 4) is 0 Å². The molecule has 0 radical (unpaired) electrons. The minimum absolute atomic E-state index is 0.0169. The van der Waals surface area contributed by atoms with Crippen LogP contribution < -0.4 is 10.0 Å². The Morgan fingerprint density at radius 1 is 0.931 bits per heavy atom. The molecule has 0 saturated heterocycles. The molecule has 2 N–H and O–H groups in total. The molecule has 1 atom stereocenters. The Hall–Kier alpha value is -3.39. The summed E-state index contributed by atoms with van der Waals surface area (Å²) in [5, 5.41) is 4.73. The molecule has 1 amide bonds. The Morgan fingerprint density at radius 2 is 1.59 bits per heavy atom. The Labute approximate surface area is 168 Å². The predicted molar refractivity (Wildman–Crippen MR) is 112 cm³/mol. The van der Waals surface area contributed by atoms with E-state index >= 15 is 0 Å². The second-order valence-corrected chi connectivity index (χ2v) is 8.27. The molecular weight excluding hydrogens is 392 g/mol. The van der Waals surface area contributed by atoms with E-state index in [4.69, 9.17) is 4.74 Å². The molecular formula is C21H20N2O5S. The van der Waals surface area contributed by atoms with Crippen molar-refractivity contribution in [3.63, 3.8) is 0 Å².